The number of methoxy groups -OCH3 is 1. The van der Waals surface area contributed by atoms with Crippen molar-refractivity contribution in [1.82, 2.24) is 10.2 Å². The zero-order valence-electron chi connectivity index (χ0n) is 25.8. The van der Waals surface area contributed by atoms with E-state index in [0.717, 1.165) is 35.3 Å². The number of likely N-dealkylation sites (tertiary alicyclic amines) is 1. The summed E-state index contributed by atoms with van der Waals surface area (Å²) in [5.74, 6) is 0.117. The van der Waals surface area contributed by atoms with Crippen LogP contribution in [-0.4, -0.2) is 60.0 Å². The van der Waals surface area contributed by atoms with Gasteiger partial charge in [-0.3, -0.25) is 4.79 Å². The molecule has 0 radical (unpaired) electrons. The molecule has 0 aliphatic carbocycles. The Morgan fingerprint density at radius 1 is 1.00 bits per heavy atom. The quantitative estimate of drug-likeness (QED) is 0.259. The molecule has 1 fully saturated rings. The van der Waals surface area contributed by atoms with E-state index in [1.807, 2.05) is 39.0 Å². The van der Waals surface area contributed by atoms with Crippen LogP contribution in [0, 0.1) is 5.41 Å². The summed E-state index contributed by atoms with van der Waals surface area (Å²) in [5, 5.41) is 2.80. The number of hydrogen-bond donors (Lipinski definition) is 1. The lowest BCUT2D eigenvalue weighted by Crippen LogP contribution is -2.57. The molecule has 224 valence electrons. The Morgan fingerprint density at radius 3 is 2.15 bits per heavy atom. The van der Waals surface area contributed by atoms with Crippen molar-refractivity contribution in [3.8, 4) is 11.1 Å². The van der Waals surface area contributed by atoms with Gasteiger partial charge in [-0.2, -0.15) is 0 Å². The fourth-order valence-corrected chi connectivity index (χ4v) is 6.73. The molecule has 1 aliphatic rings. The number of benzene rings is 2. The molecule has 0 spiro atoms. The number of unbranched alkanes of at least 4 members (excludes halogenated alkanes) is 1. The van der Waals surface area contributed by atoms with E-state index in [-0.39, 0.29) is 5.91 Å². The monoisotopic (exact) mass is 582 g/mol. The molecule has 0 aromatic heterocycles. The molecule has 1 N–H and O–H groups in total. The van der Waals surface area contributed by atoms with Gasteiger partial charge in [0.2, 0.25) is 5.91 Å². The first-order chi connectivity index (χ1) is 19.2. The van der Waals surface area contributed by atoms with Crippen molar-refractivity contribution < 1.29 is 23.9 Å². The van der Waals surface area contributed by atoms with E-state index in [1.165, 1.54) is 7.11 Å². The highest BCUT2D eigenvalue weighted by Gasteiger charge is 2.52. The predicted molar refractivity (Wildman–Crippen MR) is 166 cm³/mol. The van der Waals surface area contributed by atoms with E-state index < -0.39 is 39.9 Å². The first-order valence-corrected chi connectivity index (χ1v) is 15.4. The van der Waals surface area contributed by atoms with Gasteiger partial charge >= 0.3 is 12.1 Å². The zero-order valence-corrected chi connectivity index (χ0v) is 26.6. The Hall–Kier alpha value is -3.00. The van der Waals surface area contributed by atoms with Crippen LogP contribution in [0.4, 0.5) is 4.79 Å². The molecule has 41 heavy (non-hydrogen) atoms. The van der Waals surface area contributed by atoms with Crippen molar-refractivity contribution in [3.63, 3.8) is 0 Å². The summed E-state index contributed by atoms with van der Waals surface area (Å²) in [5.41, 5.74) is 1.95. The van der Waals surface area contributed by atoms with Gasteiger partial charge in [-0.25, -0.2) is 9.59 Å². The SMILES string of the molecule is CCCCS[C@@]1(c2ccc(-c3ccccc3)cc2)C[C@@H](C(=O)OC)N(C(=O)C(NC(=O)OC(C)(C)C)C(C)(C)C)C1. The number of carbonyl (C=O) groups is 3. The summed E-state index contributed by atoms with van der Waals surface area (Å²) in [6.07, 6.45) is 1.83. The van der Waals surface area contributed by atoms with Crippen LogP contribution in [0.3, 0.4) is 0 Å². The first-order valence-electron chi connectivity index (χ1n) is 14.4. The van der Waals surface area contributed by atoms with Gasteiger partial charge in [-0.05, 0) is 61.5 Å². The maximum absolute atomic E-state index is 14.3. The maximum Gasteiger partial charge on any atom is 0.408 e. The Bertz CT molecular complexity index is 1190. The molecule has 3 rings (SSSR count). The number of nitrogens with zero attached hydrogens (tertiary/aromatic N) is 1. The standard InChI is InChI=1S/C33H46N2O5S/c1-9-10-20-41-33(25-18-16-24(17-19-25)23-14-12-11-13-15-23)21-26(29(37)39-8)35(22-33)28(36)27(31(2,3)4)34-30(38)40-32(5,6)7/h11-19,26-27H,9-10,20-22H2,1-8H3,(H,34,38)/t26-,27?,33-/m0/s1. The third-order valence-electron chi connectivity index (χ3n) is 7.25. The highest BCUT2D eigenvalue weighted by Crippen LogP contribution is 2.48. The lowest BCUT2D eigenvalue weighted by molar-refractivity contribution is -0.152. The fraction of sp³-hybridized carbons (Fsp3) is 0.545. The topological polar surface area (TPSA) is 84.9 Å². The summed E-state index contributed by atoms with van der Waals surface area (Å²) < 4.78 is 10.2. The average molecular weight is 583 g/mol. The van der Waals surface area contributed by atoms with Gasteiger partial charge in [0.25, 0.3) is 0 Å². The van der Waals surface area contributed by atoms with Crippen molar-refractivity contribution in [3.05, 3.63) is 60.2 Å². The highest BCUT2D eigenvalue weighted by molar-refractivity contribution is 8.00. The first kappa shape index (κ1) is 32.5. The number of carbonyl (C=O) groups excluding carboxylic acids is 3. The van der Waals surface area contributed by atoms with Crippen LogP contribution in [0.15, 0.2) is 54.6 Å². The highest BCUT2D eigenvalue weighted by atomic mass is 32.2. The summed E-state index contributed by atoms with van der Waals surface area (Å²) >= 11 is 1.79. The van der Waals surface area contributed by atoms with E-state index in [2.05, 4.69) is 48.6 Å². The average Bonchev–Trinajstić information content (AvgIpc) is 3.31. The number of nitrogens with one attached hydrogen (secondary N) is 1. The Morgan fingerprint density at radius 2 is 1.61 bits per heavy atom. The molecule has 2 amide bonds. The van der Waals surface area contributed by atoms with Crippen LogP contribution in [0.1, 0.15) is 73.3 Å². The Balaban J connectivity index is 2.00. The van der Waals surface area contributed by atoms with Crippen molar-refractivity contribution in [1.29, 1.82) is 0 Å². The molecule has 8 heteroatoms. The van der Waals surface area contributed by atoms with Crippen LogP contribution >= 0.6 is 11.8 Å². The summed E-state index contributed by atoms with van der Waals surface area (Å²) in [6, 6.07) is 16.9. The molecule has 0 saturated carbocycles. The van der Waals surface area contributed by atoms with E-state index >= 15 is 0 Å². The zero-order chi connectivity index (χ0) is 30.4. The van der Waals surface area contributed by atoms with Gasteiger partial charge < -0.3 is 19.7 Å². The van der Waals surface area contributed by atoms with E-state index in [4.69, 9.17) is 9.47 Å². The Kier molecular flexibility index (Phi) is 10.6. The number of rotatable bonds is 9. The van der Waals surface area contributed by atoms with Crippen LogP contribution in [-0.2, 0) is 23.8 Å². The van der Waals surface area contributed by atoms with Crippen molar-refractivity contribution in [2.75, 3.05) is 19.4 Å². The van der Waals surface area contributed by atoms with Crippen LogP contribution in [0.5, 0.6) is 0 Å². The number of esters is 1. The van der Waals surface area contributed by atoms with Crippen molar-refractivity contribution >= 4 is 29.7 Å². The summed E-state index contributed by atoms with van der Waals surface area (Å²) in [6.45, 7) is 13.5. The molecular formula is C33H46N2O5S. The third-order valence-corrected chi connectivity index (χ3v) is 8.83. The van der Waals surface area contributed by atoms with Gasteiger partial charge in [0, 0.05) is 6.54 Å². The molecule has 1 heterocycles. The largest absolute Gasteiger partial charge is 0.467 e. The molecule has 2 aromatic rings. The Labute approximate surface area is 249 Å². The molecular weight excluding hydrogens is 536 g/mol. The number of thioether (sulfide) groups is 1. The second-order valence-electron chi connectivity index (χ2n) is 12.8. The number of alkyl carbamates (subject to hydrolysis) is 1. The minimum Gasteiger partial charge on any atom is -0.467 e. The third kappa shape index (κ3) is 8.28. The van der Waals surface area contributed by atoms with Crippen LogP contribution in [0.25, 0.3) is 11.1 Å². The second kappa shape index (κ2) is 13.3. The molecule has 1 unspecified atom stereocenters. The molecule has 3 atom stereocenters. The summed E-state index contributed by atoms with van der Waals surface area (Å²) in [4.78, 5) is 41.8. The molecule has 1 aliphatic heterocycles. The van der Waals surface area contributed by atoms with E-state index in [1.54, 1.807) is 37.4 Å². The number of ether oxygens (including phenoxy) is 2. The van der Waals surface area contributed by atoms with Gasteiger partial charge in [-0.1, -0.05) is 88.7 Å². The molecule has 7 nitrogen and oxygen atoms in total. The summed E-state index contributed by atoms with van der Waals surface area (Å²) in [7, 11) is 1.35. The lowest BCUT2D eigenvalue weighted by atomic mass is 9.85. The lowest BCUT2D eigenvalue weighted by Gasteiger charge is -2.36. The fourth-order valence-electron chi connectivity index (χ4n) is 5.10. The van der Waals surface area contributed by atoms with Gasteiger partial charge in [0.1, 0.15) is 17.7 Å². The minimum absolute atomic E-state index is 0.322. The van der Waals surface area contributed by atoms with E-state index in [0.29, 0.717) is 13.0 Å². The van der Waals surface area contributed by atoms with E-state index in [9.17, 15) is 14.4 Å². The smallest absolute Gasteiger partial charge is 0.408 e. The predicted octanol–water partition coefficient (Wildman–Crippen LogP) is 6.80. The number of hydrogen-bond acceptors (Lipinski definition) is 6. The van der Waals surface area contributed by atoms with Gasteiger partial charge in [0.15, 0.2) is 0 Å². The molecule has 1 saturated heterocycles. The minimum atomic E-state index is -0.901. The van der Waals surface area contributed by atoms with Gasteiger partial charge in [-0.15, -0.1) is 11.8 Å². The molecule has 0 bridgehead atoms. The van der Waals surface area contributed by atoms with Crippen LogP contribution in [0.2, 0.25) is 0 Å². The van der Waals surface area contributed by atoms with Crippen LogP contribution < -0.4 is 5.32 Å². The van der Waals surface area contributed by atoms with Crippen molar-refractivity contribution in [2.24, 2.45) is 5.41 Å². The van der Waals surface area contributed by atoms with Gasteiger partial charge in [0.05, 0.1) is 11.9 Å². The number of amides is 2. The second-order valence-corrected chi connectivity index (χ2v) is 14.3. The molecule has 2 aromatic carbocycles. The normalized spacial score (nSPS) is 19.9. The van der Waals surface area contributed by atoms with Crippen molar-refractivity contribution in [2.45, 2.75) is 90.2 Å². The maximum atomic E-state index is 14.3.